The number of hydrogen-bond acceptors (Lipinski definition) is 1. The second-order valence-electron chi connectivity index (χ2n) is 2.38. The lowest BCUT2D eigenvalue weighted by molar-refractivity contribution is -0.111. The molecule has 0 aliphatic carbocycles. The highest BCUT2D eigenvalue weighted by Crippen LogP contribution is 2.04. The van der Waals surface area contributed by atoms with Crippen LogP contribution in [0.1, 0.15) is 13.8 Å². The van der Waals surface area contributed by atoms with Crippen molar-refractivity contribution in [3.8, 4) is 0 Å². The van der Waals surface area contributed by atoms with Gasteiger partial charge in [0.1, 0.15) is 0 Å². The predicted molar refractivity (Wildman–Crippen MR) is 52.9 cm³/mol. The zero-order chi connectivity index (χ0) is 9.56. The molecule has 1 nitrogen and oxygen atoms in total. The number of hydrogen-bond donors (Lipinski definition) is 0. The number of Topliss-reactive ketones (excluding diaryl/α,β-unsaturated/α-hetero) is 1. The van der Waals surface area contributed by atoms with E-state index in [4.69, 9.17) is 0 Å². The fourth-order valence-corrected chi connectivity index (χ4v) is 0.760. The molecule has 0 fully saturated rings. The standard InChI is InChI=1S/C11H14O/c1-5-7-9(3)11(12)10(4)8-6-2/h5-8H,3-4H2,1-2H3/b7-5-,8-6-. The predicted octanol–water partition coefficient (Wildman–Crippen LogP) is 2.82. The van der Waals surface area contributed by atoms with E-state index in [0.717, 1.165) is 0 Å². The maximum Gasteiger partial charge on any atom is 0.191 e. The Morgan fingerprint density at radius 3 is 1.58 bits per heavy atom. The molecule has 0 bridgehead atoms. The molecule has 0 radical (unpaired) electrons. The van der Waals surface area contributed by atoms with Crippen LogP contribution in [0.2, 0.25) is 0 Å². The normalized spacial score (nSPS) is 10.8. The van der Waals surface area contributed by atoms with E-state index in [1.807, 2.05) is 13.8 Å². The SMILES string of the molecule is C=C(/C=C\C)C(=O)C(=C)/C=C\C. The van der Waals surface area contributed by atoms with Crippen molar-refractivity contribution in [2.45, 2.75) is 13.8 Å². The lowest BCUT2D eigenvalue weighted by atomic mass is 10.1. The van der Waals surface area contributed by atoms with Crippen molar-refractivity contribution in [2.75, 3.05) is 0 Å². The first kappa shape index (κ1) is 10.6. The van der Waals surface area contributed by atoms with Gasteiger partial charge in [-0.3, -0.25) is 4.79 Å². The number of carbonyl (C=O) groups is 1. The minimum atomic E-state index is -0.105. The third kappa shape index (κ3) is 3.15. The third-order valence-corrected chi connectivity index (χ3v) is 1.32. The fraction of sp³-hybridized carbons (Fsp3) is 0.182. The Morgan fingerprint density at radius 2 is 1.33 bits per heavy atom. The highest BCUT2D eigenvalue weighted by molar-refractivity contribution is 6.10. The molecule has 0 atom stereocenters. The van der Waals surface area contributed by atoms with Gasteiger partial charge in [-0.1, -0.05) is 37.5 Å². The molecule has 0 N–H and O–H groups in total. The van der Waals surface area contributed by atoms with Gasteiger partial charge in [0.05, 0.1) is 0 Å². The van der Waals surface area contributed by atoms with Crippen LogP contribution in [-0.2, 0) is 4.79 Å². The average Bonchev–Trinajstić information content (AvgIpc) is 2.04. The highest BCUT2D eigenvalue weighted by atomic mass is 16.1. The first-order valence-corrected chi connectivity index (χ1v) is 3.81. The molecule has 12 heavy (non-hydrogen) atoms. The number of carbonyl (C=O) groups excluding carboxylic acids is 1. The van der Waals surface area contributed by atoms with Crippen LogP contribution in [0.4, 0.5) is 0 Å². The molecule has 0 rings (SSSR count). The molecule has 0 aliphatic heterocycles. The lowest BCUT2D eigenvalue weighted by Crippen LogP contribution is -2.00. The molecule has 0 aromatic carbocycles. The van der Waals surface area contributed by atoms with E-state index >= 15 is 0 Å². The number of allylic oxidation sites excluding steroid dienone is 6. The van der Waals surface area contributed by atoms with Crippen LogP contribution in [0.15, 0.2) is 48.6 Å². The van der Waals surface area contributed by atoms with Gasteiger partial charge in [0, 0.05) is 11.1 Å². The number of rotatable bonds is 4. The van der Waals surface area contributed by atoms with Gasteiger partial charge in [0.25, 0.3) is 0 Å². The summed E-state index contributed by atoms with van der Waals surface area (Å²) in [5, 5.41) is 0. The Morgan fingerprint density at radius 1 is 1.00 bits per heavy atom. The quantitative estimate of drug-likeness (QED) is 0.459. The van der Waals surface area contributed by atoms with Crippen molar-refractivity contribution < 1.29 is 4.79 Å². The molecule has 0 aromatic heterocycles. The van der Waals surface area contributed by atoms with Crippen LogP contribution < -0.4 is 0 Å². The summed E-state index contributed by atoms with van der Waals surface area (Å²) in [7, 11) is 0. The number of ketones is 1. The minimum absolute atomic E-state index is 0.105. The first-order valence-electron chi connectivity index (χ1n) is 3.81. The molecule has 0 aromatic rings. The zero-order valence-electron chi connectivity index (χ0n) is 7.63. The summed E-state index contributed by atoms with van der Waals surface area (Å²) >= 11 is 0. The van der Waals surface area contributed by atoms with Crippen LogP contribution in [-0.4, -0.2) is 5.78 Å². The monoisotopic (exact) mass is 162 g/mol. The lowest BCUT2D eigenvalue weighted by Gasteiger charge is -1.97. The summed E-state index contributed by atoms with van der Waals surface area (Å²) < 4.78 is 0. The summed E-state index contributed by atoms with van der Waals surface area (Å²) in [6.45, 7) is 10.9. The van der Waals surface area contributed by atoms with Gasteiger partial charge < -0.3 is 0 Å². The summed E-state index contributed by atoms with van der Waals surface area (Å²) in [6.07, 6.45) is 6.92. The van der Waals surface area contributed by atoms with Gasteiger partial charge in [0.2, 0.25) is 0 Å². The van der Waals surface area contributed by atoms with Crippen LogP contribution >= 0.6 is 0 Å². The second-order valence-corrected chi connectivity index (χ2v) is 2.38. The van der Waals surface area contributed by atoms with E-state index in [2.05, 4.69) is 13.2 Å². The van der Waals surface area contributed by atoms with Gasteiger partial charge in [-0.15, -0.1) is 0 Å². The van der Waals surface area contributed by atoms with E-state index in [1.165, 1.54) is 0 Å². The molecule has 0 saturated heterocycles. The van der Waals surface area contributed by atoms with Gasteiger partial charge in [-0.2, -0.15) is 0 Å². The summed E-state index contributed by atoms with van der Waals surface area (Å²) in [5.74, 6) is -0.105. The van der Waals surface area contributed by atoms with Crippen molar-refractivity contribution in [1.82, 2.24) is 0 Å². The molecule has 0 saturated carbocycles. The molecule has 0 spiro atoms. The van der Waals surface area contributed by atoms with Crippen LogP contribution in [0.5, 0.6) is 0 Å². The van der Waals surface area contributed by atoms with Crippen LogP contribution in [0.25, 0.3) is 0 Å². The molecule has 0 aliphatic rings. The van der Waals surface area contributed by atoms with Crippen LogP contribution in [0.3, 0.4) is 0 Å². The topological polar surface area (TPSA) is 17.1 Å². The van der Waals surface area contributed by atoms with Crippen molar-refractivity contribution in [2.24, 2.45) is 0 Å². The third-order valence-electron chi connectivity index (χ3n) is 1.32. The maximum atomic E-state index is 11.3. The second kappa shape index (κ2) is 5.30. The molecule has 0 heterocycles. The van der Waals surface area contributed by atoms with Crippen molar-refractivity contribution in [3.05, 3.63) is 48.6 Å². The molecule has 1 heteroatoms. The zero-order valence-corrected chi connectivity index (χ0v) is 7.63. The fourth-order valence-electron chi connectivity index (χ4n) is 0.760. The summed E-state index contributed by atoms with van der Waals surface area (Å²) in [4.78, 5) is 11.3. The molecular formula is C11H14O. The van der Waals surface area contributed by atoms with E-state index in [9.17, 15) is 4.79 Å². The Labute approximate surface area is 73.8 Å². The van der Waals surface area contributed by atoms with E-state index in [-0.39, 0.29) is 5.78 Å². The summed E-state index contributed by atoms with van der Waals surface area (Å²) in [5.41, 5.74) is 0.946. The minimum Gasteiger partial charge on any atom is -0.289 e. The largest absolute Gasteiger partial charge is 0.289 e. The van der Waals surface area contributed by atoms with Crippen molar-refractivity contribution in [1.29, 1.82) is 0 Å². The highest BCUT2D eigenvalue weighted by Gasteiger charge is 2.04. The molecular weight excluding hydrogens is 148 g/mol. The Balaban J connectivity index is 4.40. The Kier molecular flexibility index (Phi) is 4.70. The van der Waals surface area contributed by atoms with E-state index in [0.29, 0.717) is 11.1 Å². The van der Waals surface area contributed by atoms with Gasteiger partial charge in [-0.05, 0) is 13.8 Å². The molecule has 0 amide bonds. The maximum absolute atomic E-state index is 11.3. The van der Waals surface area contributed by atoms with Gasteiger partial charge >= 0.3 is 0 Å². The Bertz CT molecular complexity index is 228. The summed E-state index contributed by atoms with van der Waals surface area (Å²) in [6, 6.07) is 0. The van der Waals surface area contributed by atoms with Crippen LogP contribution in [0, 0.1) is 0 Å². The Hall–Kier alpha value is -1.37. The molecule has 0 unspecified atom stereocenters. The molecule has 64 valence electrons. The van der Waals surface area contributed by atoms with Gasteiger partial charge in [0.15, 0.2) is 5.78 Å². The van der Waals surface area contributed by atoms with Crippen molar-refractivity contribution >= 4 is 5.78 Å². The first-order chi connectivity index (χ1) is 5.63. The van der Waals surface area contributed by atoms with E-state index < -0.39 is 0 Å². The van der Waals surface area contributed by atoms with Gasteiger partial charge in [-0.25, -0.2) is 0 Å². The smallest absolute Gasteiger partial charge is 0.191 e. The average molecular weight is 162 g/mol. The van der Waals surface area contributed by atoms with E-state index in [1.54, 1.807) is 24.3 Å². The van der Waals surface area contributed by atoms with Crippen molar-refractivity contribution in [3.63, 3.8) is 0 Å².